The molecule has 1 aliphatic rings. The van der Waals surface area contributed by atoms with Gasteiger partial charge in [0.05, 0.1) is 0 Å². The van der Waals surface area contributed by atoms with E-state index in [9.17, 15) is 4.79 Å². The molecule has 16 heavy (non-hydrogen) atoms. The van der Waals surface area contributed by atoms with E-state index in [2.05, 4.69) is 0 Å². The Labute approximate surface area is 96.3 Å². The standard InChI is InChI=1S/C13H20N2O/c14-9-2-1-3-10-15-12-6-4-5-11(12)7-8-13(15)16/h7-8H,1-6,9-10,14H2. The van der Waals surface area contributed by atoms with Gasteiger partial charge in [0.2, 0.25) is 0 Å². The zero-order valence-electron chi connectivity index (χ0n) is 9.74. The highest BCUT2D eigenvalue weighted by molar-refractivity contribution is 5.25. The number of aryl methyl sites for hydroxylation is 1. The first-order valence-electron chi connectivity index (χ1n) is 6.24. The van der Waals surface area contributed by atoms with Crippen LogP contribution in [-0.2, 0) is 19.4 Å². The number of hydrogen-bond acceptors (Lipinski definition) is 2. The summed E-state index contributed by atoms with van der Waals surface area (Å²) in [6.07, 6.45) is 6.65. The second kappa shape index (κ2) is 5.30. The molecule has 2 rings (SSSR count). The lowest BCUT2D eigenvalue weighted by molar-refractivity contribution is 0.562. The fourth-order valence-corrected chi connectivity index (χ4v) is 2.47. The van der Waals surface area contributed by atoms with Gasteiger partial charge < -0.3 is 10.3 Å². The van der Waals surface area contributed by atoms with Crippen LogP contribution < -0.4 is 11.3 Å². The van der Waals surface area contributed by atoms with Crippen molar-refractivity contribution in [2.24, 2.45) is 5.73 Å². The maximum atomic E-state index is 11.8. The highest BCUT2D eigenvalue weighted by Crippen LogP contribution is 2.20. The first-order valence-corrected chi connectivity index (χ1v) is 6.24. The van der Waals surface area contributed by atoms with E-state index in [-0.39, 0.29) is 5.56 Å². The minimum Gasteiger partial charge on any atom is -0.330 e. The van der Waals surface area contributed by atoms with Gasteiger partial charge in [-0.25, -0.2) is 0 Å². The van der Waals surface area contributed by atoms with Crippen molar-refractivity contribution in [2.75, 3.05) is 6.54 Å². The van der Waals surface area contributed by atoms with E-state index < -0.39 is 0 Å². The van der Waals surface area contributed by atoms with Crippen molar-refractivity contribution in [3.8, 4) is 0 Å². The lowest BCUT2D eigenvalue weighted by Crippen LogP contribution is -2.22. The van der Waals surface area contributed by atoms with Crippen LogP contribution in [0.25, 0.3) is 0 Å². The maximum absolute atomic E-state index is 11.8. The van der Waals surface area contributed by atoms with Gasteiger partial charge in [0.1, 0.15) is 0 Å². The van der Waals surface area contributed by atoms with E-state index in [1.165, 1.54) is 17.7 Å². The average molecular weight is 220 g/mol. The number of rotatable bonds is 5. The summed E-state index contributed by atoms with van der Waals surface area (Å²) >= 11 is 0. The second-order valence-electron chi connectivity index (χ2n) is 4.50. The van der Waals surface area contributed by atoms with Crippen LogP contribution in [0.3, 0.4) is 0 Å². The number of nitrogens with two attached hydrogens (primary N) is 1. The Kier molecular flexibility index (Phi) is 3.78. The molecule has 88 valence electrons. The monoisotopic (exact) mass is 220 g/mol. The largest absolute Gasteiger partial charge is 0.330 e. The third kappa shape index (κ3) is 2.35. The van der Waals surface area contributed by atoms with Gasteiger partial charge in [-0.3, -0.25) is 4.79 Å². The Morgan fingerprint density at radius 2 is 2.06 bits per heavy atom. The summed E-state index contributed by atoms with van der Waals surface area (Å²) in [7, 11) is 0. The molecule has 0 aromatic carbocycles. The Morgan fingerprint density at radius 3 is 2.88 bits per heavy atom. The molecule has 0 saturated heterocycles. The SMILES string of the molecule is NCCCCCn1c2c(ccc1=O)CCC2. The van der Waals surface area contributed by atoms with Crippen LogP contribution in [0.2, 0.25) is 0 Å². The Morgan fingerprint density at radius 1 is 1.19 bits per heavy atom. The van der Waals surface area contributed by atoms with Gasteiger partial charge in [-0.1, -0.05) is 12.5 Å². The lowest BCUT2D eigenvalue weighted by atomic mass is 10.2. The van der Waals surface area contributed by atoms with Crippen molar-refractivity contribution >= 4 is 0 Å². The van der Waals surface area contributed by atoms with Crippen molar-refractivity contribution < 1.29 is 0 Å². The fraction of sp³-hybridized carbons (Fsp3) is 0.615. The predicted molar refractivity (Wildman–Crippen MR) is 65.6 cm³/mol. The molecule has 1 aromatic heterocycles. The molecule has 3 nitrogen and oxygen atoms in total. The first-order chi connectivity index (χ1) is 7.83. The molecule has 0 spiro atoms. The molecular weight excluding hydrogens is 200 g/mol. The van der Waals surface area contributed by atoms with Crippen LogP contribution in [0, 0.1) is 0 Å². The van der Waals surface area contributed by atoms with Gasteiger partial charge in [-0.15, -0.1) is 0 Å². The molecule has 0 amide bonds. The normalized spacial score (nSPS) is 14.1. The van der Waals surface area contributed by atoms with Crippen molar-refractivity contribution in [2.45, 2.75) is 45.1 Å². The Hall–Kier alpha value is -1.09. The summed E-state index contributed by atoms with van der Waals surface area (Å²) in [4.78, 5) is 11.8. The number of fused-ring (bicyclic) bond motifs is 1. The third-order valence-electron chi connectivity index (χ3n) is 3.34. The molecule has 0 saturated carbocycles. The van der Waals surface area contributed by atoms with Crippen LogP contribution in [0.4, 0.5) is 0 Å². The van der Waals surface area contributed by atoms with Crippen molar-refractivity contribution in [3.05, 3.63) is 33.7 Å². The predicted octanol–water partition coefficient (Wildman–Crippen LogP) is 1.47. The van der Waals surface area contributed by atoms with Crippen LogP contribution in [0.15, 0.2) is 16.9 Å². The molecule has 1 heterocycles. The zero-order valence-corrected chi connectivity index (χ0v) is 9.74. The zero-order chi connectivity index (χ0) is 11.4. The highest BCUT2D eigenvalue weighted by atomic mass is 16.1. The van der Waals surface area contributed by atoms with Gasteiger partial charge >= 0.3 is 0 Å². The number of nitrogens with zero attached hydrogens (tertiary/aromatic N) is 1. The van der Waals surface area contributed by atoms with Gasteiger partial charge in [-0.2, -0.15) is 0 Å². The van der Waals surface area contributed by atoms with Crippen molar-refractivity contribution in [3.63, 3.8) is 0 Å². The van der Waals surface area contributed by atoms with Gasteiger partial charge in [-0.05, 0) is 44.2 Å². The van der Waals surface area contributed by atoms with Crippen LogP contribution >= 0.6 is 0 Å². The number of aromatic nitrogens is 1. The number of pyridine rings is 1. The molecular formula is C13H20N2O. The summed E-state index contributed by atoms with van der Waals surface area (Å²) in [6, 6.07) is 3.72. The Bertz CT molecular complexity index is 409. The summed E-state index contributed by atoms with van der Waals surface area (Å²) in [6.45, 7) is 1.61. The van der Waals surface area contributed by atoms with E-state index in [0.29, 0.717) is 0 Å². The summed E-state index contributed by atoms with van der Waals surface area (Å²) in [5.41, 5.74) is 8.27. The van der Waals surface area contributed by atoms with Crippen LogP contribution in [0.5, 0.6) is 0 Å². The summed E-state index contributed by atoms with van der Waals surface area (Å²) < 4.78 is 1.97. The summed E-state index contributed by atoms with van der Waals surface area (Å²) in [5, 5.41) is 0. The molecule has 2 N–H and O–H groups in total. The molecule has 1 aliphatic carbocycles. The minimum atomic E-state index is 0.161. The smallest absolute Gasteiger partial charge is 0.250 e. The third-order valence-corrected chi connectivity index (χ3v) is 3.34. The molecule has 0 fully saturated rings. The molecule has 0 atom stereocenters. The highest BCUT2D eigenvalue weighted by Gasteiger charge is 2.14. The van der Waals surface area contributed by atoms with Gasteiger partial charge in [0.25, 0.3) is 5.56 Å². The van der Waals surface area contributed by atoms with Crippen LogP contribution in [0.1, 0.15) is 36.9 Å². The summed E-state index contributed by atoms with van der Waals surface area (Å²) in [5.74, 6) is 0. The van der Waals surface area contributed by atoms with Gasteiger partial charge in [0.15, 0.2) is 0 Å². The number of unbranched alkanes of at least 4 members (excludes halogenated alkanes) is 2. The van der Waals surface area contributed by atoms with E-state index in [1.54, 1.807) is 6.07 Å². The van der Waals surface area contributed by atoms with Crippen molar-refractivity contribution in [1.82, 2.24) is 4.57 Å². The fourth-order valence-electron chi connectivity index (χ4n) is 2.47. The van der Waals surface area contributed by atoms with E-state index in [1.807, 2.05) is 10.6 Å². The number of hydrogen-bond donors (Lipinski definition) is 1. The quantitative estimate of drug-likeness (QED) is 0.764. The Balaban J connectivity index is 2.08. The van der Waals surface area contributed by atoms with E-state index in [4.69, 9.17) is 5.73 Å². The van der Waals surface area contributed by atoms with Crippen LogP contribution in [-0.4, -0.2) is 11.1 Å². The molecule has 3 heteroatoms. The molecule has 0 bridgehead atoms. The van der Waals surface area contributed by atoms with Crippen molar-refractivity contribution in [1.29, 1.82) is 0 Å². The first kappa shape index (κ1) is 11.4. The van der Waals surface area contributed by atoms with E-state index in [0.717, 1.165) is 45.2 Å². The molecule has 1 aromatic rings. The van der Waals surface area contributed by atoms with E-state index >= 15 is 0 Å². The lowest BCUT2D eigenvalue weighted by Gasteiger charge is -2.11. The maximum Gasteiger partial charge on any atom is 0.250 e. The second-order valence-corrected chi connectivity index (χ2v) is 4.50. The molecule has 0 aliphatic heterocycles. The average Bonchev–Trinajstić information content (AvgIpc) is 2.75. The molecule has 0 radical (unpaired) electrons. The topological polar surface area (TPSA) is 48.0 Å². The molecule has 0 unspecified atom stereocenters. The minimum absolute atomic E-state index is 0.161. The van der Waals surface area contributed by atoms with Gasteiger partial charge in [0, 0.05) is 18.3 Å².